The van der Waals surface area contributed by atoms with Crippen molar-refractivity contribution in [1.82, 2.24) is 9.55 Å². The van der Waals surface area contributed by atoms with E-state index < -0.39 is 11.7 Å². The molecule has 3 rings (SSSR count). The fourth-order valence-electron chi connectivity index (χ4n) is 2.53. The lowest BCUT2D eigenvalue weighted by atomic mass is 10.1. The molecular formula is C18H16ClF3N2S2. The summed E-state index contributed by atoms with van der Waals surface area (Å²) in [5, 5.41) is 0.265. The van der Waals surface area contributed by atoms with Gasteiger partial charge in [-0.1, -0.05) is 23.7 Å². The quantitative estimate of drug-likeness (QED) is 0.414. The summed E-state index contributed by atoms with van der Waals surface area (Å²) in [6, 6.07) is 9.28. The van der Waals surface area contributed by atoms with Crippen LogP contribution in [0.4, 0.5) is 13.2 Å². The summed E-state index contributed by atoms with van der Waals surface area (Å²) in [6.45, 7) is 0.779. The van der Waals surface area contributed by atoms with E-state index in [1.54, 1.807) is 36.4 Å². The molecule has 1 aromatic carbocycles. The van der Waals surface area contributed by atoms with Crippen molar-refractivity contribution in [3.05, 3.63) is 70.6 Å². The Kier molecular flexibility index (Phi) is 6.32. The van der Waals surface area contributed by atoms with E-state index in [9.17, 15) is 13.2 Å². The highest BCUT2D eigenvalue weighted by molar-refractivity contribution is 8.01. The van der Waals surface area contributed by atoms with E-state index in [-0.39, 0.29) is 5.25 Å². The molecule has 0 aliphatic carbocycles. The molecule has 0 bridgehead atoms. The summed E-state index contributed by atoms with van der Waals surface area (Å²) < 4.78 is 41.9. The molecule has 2 aromatic heterocycles. The molecule has 2 heterocycles. The zero-order chi connectivity index (χ0) is 18.6. The second-order valence-corrected chi connectivity index (χ2v) is 9.11. The molecule has 0 N–H and O–H groups in total. The molecule has 0 radical (unpaired) electrons. The van der Waals surface area contributed by atoms with Gasteiger partial charge in [-0.05, 0) is 42.7 Å². The molecule has 1 unspecified atom stereocenters. The Hall–Kier alpha value is -1.44. The summed E-state index contributed by atoms with van der Waals surface area (Å²) in [5.74, 6) is 0. The molecule has 0 fully saturated rings. The van der Waals surface area contributed by atoms with Crippen LogP contribution in [-0.2, 0) is 19.1 Å². The number of benzene rings is 1. The number of halogens is 4. The van der Waals surface area contributed by atoms with Crippen molar-refractivity contribution in [2.24, 2.45) is 0 Å². The Bertz CT molecular complexity index is 814. The maximum atomic E-state index is 12.7. The smallest absolute Gasteiger partial charge is 0.336 e. The summed E-state index contributed by atoms with van der Waals surface area (Å²) >= 11 is 9.28. The van der Waals surface area contributed by atoms with Crippen molar-refractivity contribution < 1.29 is 13.2 Å². The van der Waals surface area contributed by atoms with Crippen LogP contribution in [0.1, 0.15) is 17.5 Å². The fraction of sp³-hybridized carbons (Fsp3) is 0.278. The number of alkyl halides is 3. The number of rotatable bonds is 7. The molecule has 0 aliphatic heterocycles. The van der Waals surface area contributed by atoms with E-state index in [1.807, 2.05) is 22.9 Å². The number of hydrogen-bond acceptors (Lipinski definition) is 3. The number of imidazole rings is 1. The zero-order valence-corrected chi connectivity index (χ0v) is 16.0. The molecule has 8 heteroatoms. The van der Waals surface area contributed by atoms with E-state index in [2.05, 4.69) is 4.98 Å². The molecule has 0 saturated heterocycles. The summed E-state index contributed by atoms with van der Waals surface area (Å²) in [5.41, 5.74) is 0.289. The minimum Gasteiger partial charge on any atom is -0.336 e. The molecule has 0 saturated carbocycles. The van der Waals surface area contributed by atoms with Crippen LogP contribution in [0.3, 0.4) is 0 Å². The maximum Gasteiger partial charge on any atom is 0.416 e. The molecule has 138 valence electrons. The summed E-state index contributed by atoms with van der Waals surface area (Å²) in [6.07, 6.45) is 2.67. The maximum absolute atomic E-state index is 12.7. The third-order valence-electron chi connectivity index (χ3n) is 3.84. The number of hydrogen-bond donors (Lipinski definition) is 0. The third-order valence-corrected chi connectivity index (χ3v) is 6.49. The van der Waals surface area contributed by atoms with Gasteiger partial charge in [0.1, 0.15) is 0 Å². The molecular weight excluding hydrogens is 401 g/mol. The average Bonchev–Trinajstić information content (AvgIpc) is 3.24. The van der Waals surface area contributed by atoms with Gasteiger partial charge in [-0.2, -0.15) is 13.2 Å². The van der Waals surface area contributed by atoms with E-state index >= 15 is 0 Å². The van der Waals surface area contributed by atoms with Gasteiger partial charge in [0.25, 0.3) is 0 Å². The van der Waals surface area contributed by atoms with Gasteiger partial charge in [0.15, 0.2) is 0 Å². The lowest BCUT2D eigenvalue weighted by Crippen LogP contribution is -2.13. The fourth-order valence-corrected chi connectivity index (χ4v) is 5.27. The van der Waals surface area contributed by atoms with Gasteiger partial charge in [0.05, 0.1) is 20.4 Å². The standard InChI is InChI=1S/C18H16ClF3N2S2/c19-16-7-8-17(26-16)25-15(11-24-10-9-23-12-24)6-3-13-1-4-14(5-2-13)18(20,21)22/h1-2,4-5,7-10,12,15H,3,6,11H2. The van der Waals surface area contributed by atoms with E-state index in [1.165, 1.54) is 11.3 Å². The first-order valence-corrected chi connectivity index (χ1v) is 10.0. The Morgan fingerprint density at radius 2 is 1.92 bits per heavy atom. The second kappa shape index (κ2) is 8.50. The Morgan fingerprint density at radius 3 is 2.50 bits per heavy atom. The van der Waals surface area contributed by atoms with Gasteiger partial charge in [-0.15, -0.1) is 23.1 Å². The van der Waals surface area contributed by atoms with Gasteiger partial charge in [-0.3, -0.25) is 0 Å². The van der Waals surface area contributed by atoms with Gasteiger partial charge in [0.2, 0.25) is 0 Å². The van der Waals surface area contributed by atoms with Crippen molar-refractivity contribution >= 4 is 34.7 Å². The highest BCUT2D eigenvalue weighted by Crippen LogP contribution is 2.35. The van der Waals surface area contributed by atoms with Crippen LogP contribution in [-0.4, -0.2) is 14.8 Å². The van der Waals surface area contributed by atoms with E-state index in [0.29, 0.717) is 6.42 Å². The van der Waals surface area contributed by atoms with Crippen molar-refractivity contribution in [3.8, 4) is 0 Å². The van der Waals surface area contributed by atoms with Crippen molar-refractivity contribution in [3.63, 3.8) is 0 Å². The minimum absolute atomic E-state index is 0.265. The first-order chi connectivity index (χ1) is 12.4. The van der Waals surface area contributed by atoms with E-state index in [4.69, 9.17) is 11.6 Å². The first kappa shape index (κ1) is 19.3. The van der Waals surface area contributed by atoms with Crippen LogP contribution < -0.4 is 0 Å². The van der Waals surface area contributed by atoms with Gasteiger partial charge in [0, 0.05) is 24.2 Å². The van der Waals surface area contributed by atoms with Crippen LogP contribution in [0, 0.1) is 0 Å². The van der Waals surface area contributed by atoms with Crippen LogP contribution in [0.25, 0.3) is 0 Å². The number of aryl methyl sites for hydroxylation is 1. The van der Waals surface area contributed by atoms with Gasteiger partial charge < -0.3 is 4.57 Å². The predicted molar refractivity (Wildman–Crippen MR) is 101 cm³/mol. The Balaban J connectivity index is 1.65. The van der Waals surface area contributed by atoms with Crippen LogP contribution >= 0.6 is 34.7 Å². The first-order valence-electron chi connectivity index (χ1n) is 7.94. The number of nitrogens with zero attached hydrogens (tertiary/aromatic N) is 2. The van der Waals surface area contributed by atoms with E-state index in [0.717, 1.165) is 39.2 Å². The highest BCUT2D eigenvalue weighted by atomic mass is 35.5. The Labute approximate surface area is 163 Å². The molecule has 0 amide bonds. The minimum atomic E-state index is -4.29. The molecule has 2 nitrogen and oxygen atoms in total. The molecule has 1 atom stereocenters. The second-order valence-electron chi connectivity index (χ2n) is 5.79. The molecule has 26 heavy (non-hydrogen) atoms. The van der Waals surface area contributed by atoms with Crippen molar-refractivity contribution in [2.45, 2.75) is 35.0 Å². The van der Waals surface area contributed by atoms with Gasteiger partial charge >= 0.3 is 6.18 Å². The number of thioether (sulfide) groups is 1. The van der Waals surface area contributed by atoms with Crippen molar-refractivity contribution in [1.29, 1.82) is 0 Å². The lowest BCUT2D eigenvalue weighted by molar-refractivity contribution is -0.137. The topological polar surface area (TPSA) is 17.8 Å². The average molecular weight is 417 g/mol. The lowest BCUT2D eigenvalue weighted by Gasteiger charge is -2.16. The SMILES string of the molecule is FC(F)(F)c1ccc(CCC(Cn2ccnc2)Sc2ccc(Cl)s2)cc1. The monoisotopic (exact) mass is 416 g/mol. The normalized spacial score (nSPS) is 13.1. The largest absolute Gasteiger partial charge is 0.416 e. The molecule has 0 aliphatic rings. The number of thiophene rings is 1. The zero-order valence-electron chi connectivity index (χ0n) is 13.6. The molecule has 0 spiro atoms. The highest BCUT2D eigenvalue weighted by Gasteiger charge is 2.29. The summed E-state index contributed by atoms with van der Waals surface area (Å²) in [7, 11) is 0. The third kappa shape index (κ3) is 5.53. The summed E-state index contributed by atoms with van der Waals surface area (Å²) in [4.78, 5) is 4.07. The predicted octanol–water partition coefficient (Wildman–Crippen LogP) is 6.41. The van der Waals surface area contributed by atoms with Gasteiger partial charge in [-0.25, -0.2) is 4.98 Å². The molecule has 3 aromatic rings. The Morgan fingerprint density at radius 1 is 1.15 bits per heavy atom. The van der Waals surface area contributed by atoms with Crippen molar-refractivity contribution in [2.75, 3.05) is 0 Å². The number of aromatic nitrogens is 2. The van der Waals surface area contributed by atoms with Crippen LogP contribution in [0.2, 0.25) is 4.34 Å². The van der Waals surface area contributed by atoms with Crippen LogP contribution in [0.15, 0.2) is 59.3 Å². The van der Waals surface area contributed by atoms with Crippen LogP contribution in [0.5, 0.6) is 0 Å².